The van der Waals surface area contributed by atoms with Gasteiger partial charge in [-0.05, 0) is 37.8 Å². The molecule has 0 aliphatic carbocycles. The highest BCUT2D eigenvalue weighted by molar-refractivity contribution is 7.99. The van der Waals surface area contributed by atoms with Crippen molar-refractivity contribution in [3.8, 4) is 11.6 Å². The largest absolute Gasteiger partial charge is 0.461 e. The van der Waals surface area contributed by atoms with Crippen molar-refractivity contribution < 1.29 is 9.21 Å². The zero-order valence-corrected chi connectivity index (χ0v) is 14.4. The van der Waals surface area contributed by atoms with Crippen molar-refractivity contribution in [2.75, 3.05) is 18.8 Å². The molecule has 0 N–H and O–H groups in total. The van der Waals surface area contributed by atoms with E-state index in [4.69, 9.17) is 4.42 Å². The van der Waals surface area contributed by atoms with Gasteiger partial charge in [0.25, 0.3) is 0 Å². The Bertz CT molecular complexity index is 653. The van der Waals surface area contributed by atoms with Crippen molar-refractivity contribution in [1.29, 1.82) is 0 Å². The van der Waals surface area contributed by atoms with Gasteiger partial charge in [-0.1, -0.05) is 18.7 Å². The highest BCUT2D eigenvalue weighted by Gasteiger charge is 2.22. The molecule has 2 aromatic rings. The van der Waals surface area contributed by atoms with Gasteiger partial charge in [-0.2, -0.15) is 0 Å². The van der Waals surface area contributed by atoms with Crippen LogP contribution in [0.3, 0.4) is 0 Å². The summed E-state index contributed by atoms with van der Waals surface area (Å²) in [5.74, 6) is 2.60. The van der Waals surface area contributed by atoms with E-state index in [-0.39, 0.29) is 5.91 Å². The zero-order valence-electron chi connectivity index (χ0n) is 13.6. The lowest BCUT2D eigenvalue weighted by Gasteiger charge is -2.30. The second kappa shape index (κ2) is 7.21. The van der Waals surface area contributed by atoms with E-state index in [0.29, 0.717) is 23.3 Å². The molecular weight excluding hydrogens is 312 g/mol. The summed E-state index contributed by atoms with van der Waals surface area (Å²) < 4.78 is 7.38. The molecule has 3 heterocycles. The number of hydrogen-bond donors (Lipinski definition) is 0. The first kappa shape index (κ1) is 16.1. The fraction of sp³-hybridized carbons (Fsp3) is 0.562. The summed E-state index contributed by atoms with van der Waals surface area (Å²) in [6, 6.07) is 3.70. The molecule has 1 aliphatic heterocycles. The predicted octanol–water partition coefficient (Wildman–Crippen LogP) is 2.91. The first-order chi connectivity index (χ1) is 11.2. The van der Waals surface area contributed by atoms with Gasteiger partial charge >= 0.3 is 0 Å². The molecular formula is C16H22N4O2S. The maximum Gasteiger partial charge on any atom is 0.233 e. The number of nitrogens with zero attached hydrogens (tertiary/aromatic N) is 4. The van der Waals surface area contributed by atoms with E-state index in [9.17, 15) is 4.79 Å². The molecule has 1 fully saturated rings. The van der Waals surface area contributed by atoms with E-state index in [1.807, 2.05) is 28.5 Å². The number of hydrogen-bond acceptors (Lipinski definition) is 5. The predicted molar refractivity (Wildman–Crippen MR) is 89.1 cm³/mol. The van der Waals surface area contributed by atoms with E-state index in [0.717, 1.165) is 31.2 Å². The summed E-state index contributed by atoms with van der Waals surface area (Å²) in [6.07, 6.45) is 3.94. The number of amides is 1. The van der Waals surface area contributed by atoms with Crippen LogP contribution >= 0.6 is 11.8 Å². The number of rotatable bonds is 5. The Hall–Kier alpha value is -1.76. The van der Waals surface area contributed by atoms with Crippen molar-refractivity contribution >= 4 is 17.7 Å². The summed E-state index contributed by atoms with van der Waals surface area (Å²) >= 11 is 1.45. The third-order valence-corrected chi connectivity index (χ3v) is 5.06. The Kier molecular flexibility index (Phi) is 5.05. The van der Waals surface area contributed by atoms with Crippen molar-refractivity contribution in [2.45, 2.75) is 38.4 Å². The lowest BCUT2D eigenvalue weighted by molar-refractivity contribution is -0.130. The van der Waals surface area contributed by atoms with Gasteiger partial charge in [-0.3, -0.25) is 9.36 Å². The van der Waals surface area contributed by atoms with Crippen LogP contribution < -0.4 is 0 Å². The van der Waals surface area contributed by atoms with Crippen LogP contribution in [0.1, 0.15) is 26.7 Å². The van der Waals surface area contributed by atoms with Crippen molar-refractivity contribution in [1.82, 2.24) is 19.7 Å². The van der Waals surface area contributed by atoms with Crippen LogP contribution in [0.15, 0.2) is 28.0 Å². The number of thioether (sulfide) groups is 1. The molecule has 0 spiro atoms. The van der Waals surface area contributed by atoms with Crippen LogP contribution in [-0.4, -0.2) is 44.4 Å². The Balaban J connectivity index is 1.65. The molecule has 124 valence electrons. The van der Waals surface area contributed by atoms with Crippen LogP contribution in [0.4, 0.5) is 0 Å². The van der Waals surface area contributed by atoms with Gasteiger partial charge in [-0.15, -0.1) is 10.2 Å². The highest BCUT2D eigenvalue weighted by atomic mass is 32.2. The minimum absolute atomic E-state index is 0.187. The summed E-state index contributed by atoms with van der Waals surface area (Å²) in [5.41, 5.74) is 0. The van der Waals surface area contributed by atoms with Crippen LogP contribution in [0.25, 0.3) is 11.6 Å². The standard InChI is InChI=1S/C16H22N4O2S/c1-3-20-15(13-7-5-9-22-13)17-18-16(20)23-11-14(21)19-8-4-6-12(2)10-19/h5,7,9,12H,3-4,6,8,10-11H2,1-2H3/t12-/m1/s1. The van der Waals surface area contributed by atoms with E-state index in [2.05, 4.69) is 17.1 Å². The number of carbonyl (C=O) groups excluding carboxylic acids is 1. The zero-order chi connectivity index (χ0) is 16.2. The van der Waals surface area contributed by atoms with Crippen LogP contribution in [0.2, 0.25) is 0 Å². The van der Waals surface area contributed by atoms with Gasteiger partial charge < -0.3 is 9.32 Å². The minimum atomic E-state index is 0.187. The van der Waals surface area contributed by atoms with Gasteiger partial charge in [-0.25, -0.2) is 0 Å². The monoisotopic (exact) mass is 334 g/mol. The number of furan rings is 1. The molecule has 0 bridgehead atoms. The van der Waals surface area contributed by atoms with Gasteiger partial charge in [0, 0.05) is 19.6 Å². The maximum absolute atomic E-state index is 12.4. The van der Waals surface area contributed by atoms with E-state index < -0.39 is 0 Å². The van der Waals surface area contributed by atoms with Crippen LogP contribution in [-0.2, 0) is 11.3 Å². The Morgan fingerprint density at radius 2 is 2.35 bits per heavy atom. The summed E-state index contributed by atoms with van der Waals surface area (Å²) in [4.78, 5) is 14.4. The molecule has 0 unspecified atom stereocenters. The second-order valence-corrected chi connectivity index (χ2v) is 6.85. The molecule has 6 nitrogen and oxygen atoms in total. The SMILES string of the molecule is CCn1c(SCC(=O)N2CCC[C@@H](C)C2)nnc1-c1ccco1. The molecule has 0 saturated carbocycles. The van der Waals surface area contributed by atoms with Crippen molar-refractivity contribution in [3.05, 3.63) is 18.4 Å². The first-order valence-electron chi connectivity index (χ1n) is 8.06. The fourth-order valence-corrected chi connectivity index (χ4v) is 3.81. The molecule has 23 heavy (non-hydrogen) atoms. The fourth-order valence-electron chi connectivity index (χ4n) is 2.90. The smallest absolute Gasteiger partial charge is 0.233 e. The van der Waals surface area contributed by atoms with Gasteiger partial charge in [0.05, 0.1) is 12.0 Å². The Labute approximate surface area is 140 Å². The second-order valence-electron chi connectivity index (χ2n) is 5.90. The molecule has 1 amide bonds. The van der Waals surface area contributed by atoms with Crippen molar-refractivity contribution in [2.24, 2.45) is 5.92 Å². The van der Waals surface area contributed by atoms with E-state index >= 15 is 0 Å². The molecule has 1 aliphatic rings. The molecule has 7 heteroatoms. The summed E-state index contributed by atoms with van der Waals surface area (Å²) in [6.45, 7) is 6.73. The van der Waals surface area contributed by atoms with E-state index in [1.54, 1.807) is 6.26 Å². The third kappa shape index (κ3) is 3.60. The Morgan fingerprint density at radius 1 is 1.48 bits per heavy atom. The average Bonchev–Trinajstić information content (AvgIpc) is 3.21. The normalized spacial score (nSPS) is 18.3. The van der Waals surface area contributed by atoms with E-state index in [1.165, 1.54) is 18.2 Å². The quantitative estimate of drug-likeness (QED) is 0.787. The number of aromatic nitrogens is 3. The summed E-state index contributed by atoms with van der Waals surface area (Å²) in [7, 11) is 0. The number of likely N-dealkylation sites (tertiary alicyclic amines) is 1. The van der Waals surface area contributed by atoms with Gasteiger partial charge in [0.1, 0.15) is 0 Å². The van der Waals surface area contributed by atoms with Gasteiger partial charge in [0.15, 0.2) is 16.7 Å². The number of piperidine rings is 1. The average molecular weight is 334 g/mol. The summed E-state index contributed by atoms with van der Waals surface area (Å²) in [5, 5.41) is 9.19. The maximum atomic E-state index is 12.4. The van der Waals surface area contributed by atoms with Crippen molar-refractivity contribution in [3.63, 3.8) is 0 Å². The number of carbonyl (C=O) groups is 1. The van der Waals surface area contributed by atoms with Crippen LogP contribution in [0.5, 0.6) is 0 Å². The topological polar surface area (TPSA) is 64.2 Å². The highest BCUT2D eigenvalue weighted by Crippen LogP contribution is 2.25. The molecule has 0 aromatic carbocycles. The molecule has 0 radical (unpaired) electrons. The lowest BCUT2D eigenvalue weighted by atomic mass is 10.0. The molecule has 3 rings (SSSR count). The first-order valence-corrected chi connectivity index (χ1v) is 9.05. The lowest BCUT2D eigenvalue weighted by Crippen LogP contribution is -2.40. The Morgan fingerprint density at radius 3 is 3.04 bits per heavy atom. The molecule has 1 atom stereocenters. The minimum Gasteiger partial charge on any atom is -0.461 e. The van der Waals surface area contributed by atoms with Crippen LogP contribution in [0, 0.1) is 5.92 Å². The third-order valence-electron chi connectivity index (χ3n) is 4.11. The van der Waals surface area contributed by atoms with Gasteiger partial charge in [0.2, 0.25) is 5.91 Å². The molecule has 2 aromatic heterocycles. The molecule has 1 saturated heterocycles.